The summed E-state index contributed by atoms with van der Waals surface area (Å²) in [7, 11) is 0. The highest BCUT2D eigenvalue weighted by atomic mass is 16.3. The Kier molecular flexibility index (Phi) is 5.50. The Bertz CT molecular complexity index is 532. The lowest BCUT2D eigenvalue weighted by Gasteiger charge is -2.21. The third-order valence-corrected chi connectivity index (χ3v) is 2.80. The van der Waals surface area contributed by atoms with Crippen molar-refractivity contribution in [1.29, 1.82) is 0 Å². The number of carbonyl (C=O) groups excluding carboxylic acids is 1. The summed E-state index contributed by atoms with van der Waals surface area (Å²) in [6.07, 6.45) is 1.74. The van der Waals surface area contributed by atoms with Gasteiger partial charge in [0.05, 0.1) is 0 Å². The van der Waals surface area contributed by atoms with Crippen molar-refractivity contribution >= 4 is 5.91 Å². The number of nitrogens with zero attached hydrogens (tertiary/aromatic N) is 1. The number of aromatic amines is 1. The Balaban J connectivity index is 2.69. The third-order valence-electron chi connectivity index (χ3n) is 2.80. The van der Waals surface area contributed by atoms with Gasteiger partial charge < -0.3 is 10.4 Å². The van der Waals surface area contributed by atoms with Crippen LogP contribution in [0.5, 0.6) is 0 Å². The Morgan fingerprint density at radius 2 is 2.16 bits per heavy atom. The van der Waals surface area contributed by atoms with Gasteiger partial charge in [-0.15, -0.1) is 0 Å². The number of rotatable bonds is 6. The molecule has 106 valence electrons. The van der Waals surface area contributed by atoms with Crippen molar-refractivity contribution < 1.29 is 9.90 Å². The highest BCUT2D eigenvalue weighted by Gasteiger charge is 2.15. The van der Waals surface area contributed by atoms with Gasteiger partial charge in [0.1, 0.15) is 6.54 Å². The van der Waals surface area contributed by atoms with Gasteiger partial charge in [-0.2, -0.15) is 0 Å². The number of aromatic nitrogens is 2. The zero-order chi connectivity index (χ0) is 14.4. The number of nitrogens with one attached hydrogen (secondary N) is 2. The highest BCUT2D eigenvalue weighted by Crippen LogP contribution is 2.05. The van der Waals surface area contributed by atoms with Gasteiger partial charge >= 0.3 is 5.69 Å². The summed E-state index contributed by atoms with van der Waals surface area (Å²) >= 11 is 0. The minimum Gasteiger partial charge on any atom is -0.396 e. The van der Waals surface area contributed by atoms with Gasteiger partial charge in [-0.05, 0) is 12.3 Å². The van der Waals surface area contributed by atoms with Crippen LogP contribution in [-0.4, -0.2) is 33.2 Å². The summed E-state index contributed by atoms with van der Waals surface area (Å²) in [5, 5.41) is 11.7. The van der Waals surface area contributed by atoms with E-state index in [0.717, 1.165) is 4.57 Å². The van der Waals surface area contributed by atoms with Crippen LogP contribution in [0.2, 0.25) is 0 Å². The Morgan fingerprint density at radius 1 is 1.47 bits per heavy atom. The van der Waals surface area contributed by atoms with Gasteiger partial charge in [0.25, 0.3) is 5.56 Å². The number of hydrogen-bond acceptors (Lipinski definition) is 4. The van der Waals surface area contributed by atoms with E-state index < -0.39 is 11.2 Å². The van der Waals surface area contributed by atoms with Crippen molar-refractivity contribution in [2.75, 3.05) is 6.61 Å². The van der Waals surface area contributed by atoms with E-state index in [0.29, 0.717) is 6.42 Å². The lowest BCUT2D eigenvalue weighted by atomic mass is 10.0. The molecule has 0 aliphatic rings. The Labute approximate surface area is 110 Å². The molecule has 3 N–H and O–H groups in total. The largest absolute Gasteiger partial charge is 0.396 e. The summed E-state index contributed by atoms with van der Waals surface area (Å²) < 4.78 is 1.12. The van der Waals surface area contributed by atoms with Crippen LogP contribution in [0, 0.1) is 5.92 Å². The SMILES string of the molecule is CC(C)C(CCO)NC(=O)Cn1ccc(=O)[nH]c1=O. The van der Waals surface area contributed by atoms with Crippen LogP contribution in [0.15, 0.2) is 21.9 Å². The van der Waals surface area contributed by atoms with Gasteiger partial charge in [0, 0.05) is 24.9 Å². The average Bonchev–Trinajstić information content (AvgIpc) is 2.32. The van der Waals surface area contributed by atoms with E-state index in [-0.39, 0.29) is 31.0 Å². The average molecular weight is 269 g/mol. The molecule has 1 atom stereocenters. The molecule has 0 fully saturated rings. The molecule has 1 aromatic heterocycles. The van der Waals surface area contributed by atoms with Crippen LogP contribution >= 0.6 is 0 Å². The van der Waals surface area contributed by atoms with Gasteiger partial charge in [-0.1, -0.05) is 13.8 Å². The number of carbonyl (C=O) groups is 1. The lowest BCUT2D eigenvalue weighted by Crippen LogP contribution is -2.42. The van der Waals surface area contributed by atoms with Gasteiger partial charge in [0.15, 0.2) is 0 Å². The Hall–Kier alpha value is -1.89. The quantitative estimate of drug-likeness (QED) is 0.620. The first-order chi connectivity index (χ1) is 8.93. The first-order valence-electron chi connectivity index (χ1n) is 6.14. The molecule has 19 heavy (non-hydrogen) atoms. The summed E-state index contributed by atoms with van der Waals surface area (Å²) in [6.45, 7) is 3.70. The molecule has 0 spiro atoms. The van der Waals surface area contributed by atoms with Gasteiger partial charge in [-0.3, -0.25) is 19.1 Å². The second-order valence-corrected chi connectivity index (χ2v) is 4.67. The topological polar surface area (TPSA) is 104 Å². The minimum atomic E-state index is -0.620. The molecule has 1 amide bonds. The minimum absolute atomic E-state index is 0.0122. The second-order valence-electron chi connectivity index (χ2n) is 4.67. The first kappa shape index (κ1) is 15.2. The molecule has 0 saturated heterocycles. The smallest absolute Gasteiger partial charge is 0.328 e. The first-order valence-corrected chi connectivity index (χ1v) is 6.14. The van der Waals surface area contributed by atoms with Crippen LogP contribution in [0.3, 0.4) is 0 Å². The van der Waals surface area contributed by atoms with E-state index in [1.54, 1.807) is 0 Å². The van der Waals surface area contributed by atoms with Crippen molar-refractivity contribution in [3.05, 3.63) is 33.1 Å². The molecule has 0 bridgehead atoms. The van der Waals surface area contributed by atoms with Crippen LogP contribution in [0.1, 0.15) is 20.3 Å². The number of amides is 1. The number of hydrogen-bond donors (Lipinski definition) is 3. The number of aliphatic hydroxyl groups is 1. The van der Waals surface area contributed by atoms with E-state index in [1.165, 1.54) is 12.3 Å². The molecule has 1 rings (SSSR count). The molecular formula is C12H19N3O4. The summed E-state index contributed by atoms with van der Waals surface area (Å²) in [6, 6.07) is 1.04. The van der Waals surface area contributed by atoms with Crippen molar-refractivity contribution in [2.45, 2.75) is 32.9 Å². The molecule has 1 heterocycles. The number of H-pyrrole nitrogens is 1. The van der Waals surface area contributed by atoms with Crippen LogP contribution in [0.4, 0.5) is 0 Å². The van der Waals surface area contributed by atoms with E-state index in [2.05, 4.69) is 10.3 Å². The zero-order valence-electron chi connectivity index (χ0n) is 11.0. The summed E-state index contributed by atoms with van der Waals surface area (Å²) in [5.41, 5.74) is -1.12. The zero-order valence-corrected chi connectivity index (χ0v) is 11.0. The normalized spacial score (nSPS) is 12.4. The molecule has 0 radical (unpaired) electrons. The maximum atomic E-state index is 11.8. The standard InChI is InChI=1S/C12H19N3O4/c1-8(2)9(4-6-16)13-11(18)7-15-5-3-10(17)14-12(15)19/h3,5,8-9,16H,4,6-7H2,1-2H3,(H,13,18)(H,14,17,19). The predicted octanol–water partition coefficient (Wildman–Crippen LogP) is -0.940. The molecule has 0 aliphatic carbocycles. The maximum Gasteiger partial charge on any atom is 0.328 e. The van der Waals surface area contributed by atoms with Crippen molar-refractivity contribution in [3.63, 3.8) is 0 Å². The molecule has 0 saturated carbocycles. The lowest BCUT2D eigenvalue weighted by molar-refractivity contribution is -0.122. The molecule has 7 heteroatoms. The molecule has 7 nitrogen and oxygen atoms in total. The van der Waals surface area contributed by atoms with Crippen LogP contribution in [-0.2, 0) is 11.3 Å². The van der Waals surface area contributed by atoms with Crippen LogP contribution < -0.4 is 16.6 Å². The van der Waals surface area contributed by atoms with E-state index in [4.69, 9.17) is 5.11 Å². The monoisotopic (exact) mass is 269 g/mol. The molecular weight excluding hydrogens is 250 g/mol. The fourth-order valence-electron chi connectivity index (χ4n) is 1.69. The molecule has 0 aliphatic heterocycles. The summed E-state index contributed by atoms with van der Waals surface area (Å²) in [5.74, 6) is -0.148. The van der Waals surface area contributed by atoms with E-state index in [1.807, 2.05) is 13.8 Å². The fourth-order valence-corrected chi connectivity index (χ4v) is 1.69. The molecule has 0 aromatic carbocycles. The Morgan fingerprint density at radius 3 is 2.68 bits per heavy atom. The summed E-state index contributed by atoms with van der Waals surface area (Å²) in [4.78, 5) is 36.2. The van der Waals surface area contributed by atoms with Crippen LogP contribution in [0.25, 0.3) is 0 Å². The van der Waals surface area contributed by atoms with Crippen molar-refractivity contribution in [3.8, 4) is 0 Å². The van der Waals surface area contributed by atoms with Gasteiger partial charge in [-0.25, -0.2) is 4.79 Å². The fraction of sp³-hybridized carbons (Fsp3) is 0.583. The third kappa shape index (κ3) is 4.70. The molecule has 1 aromatic rings. The second kappa shape index (κ2) is 6.89. The number of aliphatic hydroxyl groups excluding tert-OH is 1. The van der Waals surface area contributed by atoms with Crippen molar-refractivity contribution in [2.24, 2.45) is 5.92 Å². The van der Waals surface area contributed by atoms with Gasteiger partial charge in [0.2, 0.25) is 5.91 Å². The highest BCUT2D eigenvalue weighted by molar-refractivity contribution is 5.76. The van der Waals surface area contributed by atoms with Crippen molar-refractivity contribution in [1.82, 2.24) is 14.9 Å². The van der Waals surface area contributed by atoms with E-state index in [9.17, 15) is 14.4 Å². The molecule has 1 unspecified atom stereocenters. The maximum absolute atomic E-state index is 11.8. The van der Waals surface area contributed by atoms with E-state index >= 15 is 0 Å². The predicted molar refractivity (Wildman–Crippen MR) is 69.8 cm³/mol.